The summed E-state index contributed by atoms with van der Waals surface area (Å²) in [4.78, 5) is 10.9. The van der Waals surface area contributed by atoms with Gasteiger partial charge in [-0.3, -0.25) is 4.79 Å². The number of esters is 1. The van der Waals surface area contributed by atoms with E-state index in [4.69, 9.17) is 11.6 Å². The van der Waals surface area contributed by atoms with Crippen molar-refractivity contribution in [3.8, 4) is 0 Å². The highest BCUT2D eigenvalue weighted by molar-refractivity contribution is 6.20. The minimum absolute atomic E-state index is 0.133. The van der Waals surface area contributed by atoms with Gasteiger partial charge in [-0.05, 0) is 19.3 Å². The SMILES string of the molecule is CCCCCCCC(Cl)CCCC(=O)OC. The second-order valence-corrected chi connectivity index (χ2v) is 4.89. The number of carbonyl (C=O) groups is 1. The number of rotatable bonds is 10. The molecule has 0 rings (SSSR count). The van der Waals surface area contributed by atoms with Crippen molar-refractivity contribution in [2.75, 3.05) is 7.11 Å². The van der Waals surface area contributed by atoms with E-state index in [0.29, 0.717) is 6.42 Å². The van der Waals surface area contributed by atoms with E-state index in [0.717, 1.165) is 19.3 Å². The van der Waals surface area contributed by atoms with Crippen LogP contribution in [0.2, 0.25) is 0 Å². The highest BCUT2D eigenvalue weighted by Gasteiger charge is 2.06. The third-order valence-corrected chi connectivity index (χ3v) is 3.18. The van der Waals surface area contributed by atoms with Crippen LogP contribution in [0.4, 0.5) is 0 Å². The van der Waals surface area contributed by atoms with Gasteiger partial charge in [0.15, 0.2) is 0 Å². The van der Waals surface area contributed by atoms with E-state index in [1.165, 1.54) is 39.2 Å². The minimum Gasteiger partial charge on any atom is -0.469 e. The molecule has 0 aliphatic rings. The highest BCUT2D eigenvalue weighted by atomic mass is 35.5. The third kappa shape index (κ3) is 10.3. The van der Waals surface area contributed by atoms with Gasteiger partial charge in [-0.1, -0.05) is 39.0 Å². The fraction of sp³-hybridized carbons (Fsp3) is 0.923. The number of alkyl halides is 1. The van der Waals surface area contributed by atoms with Crippen molar-refractivity contribution >= 4 is 17.6 Å². The van der Waals surface area contributed by atoms with Crippen molar-refractivity contribution in [3.05, 3.63) is 0 Å². The van der Waals surface area contributed by atoms with Crippen LogP contribution in [-0.4, -0.2) is 18.5 Å². The summed E-state index contributed by atoms with van der Waals surface area (Å²) in [5, 5.41) is 0.228. The average molecular weight is 249 g/mol. The zero-order valence-electron chi connectivity index (χ0n) is 10.6. The molecule has 0 amide bonds. The Balaban J connectivity index is 3.24. The molecule has 2 nitrogen and oxygen atoms in total. The first-order chi connectivity index (χ1) is 7.70. The molecule has 1 atom stereocenters. The summed E-state index contributed by atoms with van der Waals surface area (Å²) in [6.45, 7) is 2.22. The number of ether oxygens (including phenoxy) is 1. The fourth-order valence-corrected chi connectivity index (χ4v) is 1.99. The fourth-order valence-electron chi connectivity index (χ4n) is 1.68. The molecular weight excluding hydrogens is 224 g/mol. The molecule has 0 aliphatic heterocycles. The molecule has 0 spiro atoms. The molecule has 0 radical (unpaired) electrons. The minimum atomic E-state index is -0.133. The van der Waals surface area contributed by atoms with E-state index in [-0.39, 0.29) is 11.3 Å². The molecule has 1 unspecified atom stereocenters. The third-order valence-electron chi connectivity index (χ3n) is 2.75. The number of carbonyl (C=O) groups excluding carboxylic acids is 1. The Hall–Kier alpha value is -0.240. The molecule has 0 aromatic heterocycles. The number of halogens is 1. The number of methoxy groups -OCH3 is 1. The molecule has 0 fully saturated rings. The smallest absolute Gasteiger partial charge is 0.305 e. The van der Waals surface area contributed by atoms with Crippen molar-refractivity contribution in [3.63, 3.8) is 0 Å². The van der Waals surface area contributed by atoms with Gasteiger partial charge in [-0.2, -0.15) is 0 Å². The first-order valence-electron chi connectivity index (χ1n) is 6.41. The van der Waals surface area contributed by atoms with Gasteiger partial charge >= 0.3 is 5.97 Å². The van der Waals surface area contributed by atoms with E-state index >= 15 is 0 Å². The second-order valence-electron chi connectivity index (χ2n) is 4.27. The lowest BCUT2D eigenvalue weighted by atomic mass is 10.1. The van der Waals surface area contributed by atoms with Gasteiger partial charge in [-0.25, -0.2) is 0 Å². The maximum atomic E-state index is 10.9. The van der Waals surface area contributed by atoms with Crippen LogP contribution in [0.1, 0.15) is 64.7 Å². The molecule has 16 heavy (non-hydrogen) atoms. The van der Waals surface area contributed by atoms with Crippen LogP contribution in [0.25, 0.3) is 0 Å². The molecule has 0 aromatic carbocycles. The monoisotopic (exact) mass is 248 g/mol. The van der Waals surface area contributed by atoms with Crippen molar-refractivity contribution in [2.24, 2.45) is 0 Å². The van der Waals surface area contributed by atoms with Gasteiger partial charge in [0, 0.05) is 11.8 Å². The van der Waals surface area contributed by atoms with E-state index < -0.39 is 0 Å². The molecule has 0 saturated heterocycles. The zero-order valence-corrected chi connectivity index (χ0v) is 11.4. The predicted molar refractivity (Wildman–Crippen MR) is 68.9 cm³/mol. The summed E-state index contributed by atoms with van der Waals surface area (Å²) in [6.07, 6.45) is 9.77. The van der Waals surface area contributed by atoms with Crippen LogP contribution >= 0.6 is 11.6 Å². The quantitative estimate of drug-likeness (QED) is 0.327. The van der Waals surface area contributed by atoms with Gasteiger partial charge < -0.3 is 4.74 Å². The molecule has 0 aliphatic carbocycles. The Morgan fingerprint density at radius 2 is 1.75 bits per heavy atom. The molecule has 0 aromatic rings. The van der Waals surface area contributed by atoms with E-state index in [1.54, 1.807) is 0 Å². The van der Waals surface area contributed by atoms with Gasteiger partial charge in [-0.15, -0.1) is 11.6 Å². The van der Waals surface area contributed by atoms with E-state index in [1.807, 2.05) is 0 Å². The van der Waals surface area contributed by atoms with E-state index in [9.17, 15) is 4.79 Å². The normalized spacial score (nSPS) is 12.4. The number of hydrogen-bond donors (Lipinski definition) is 0. The first kappa shape index (κ1) is 15.8. The van der Waals surface area contributed by atoms with Crippen LogP contribution < -0.4 is 0 Å². The van der Waals surface area contributed by atoms with Gasteiger partial charge in [0.25, 0.3) is 0 Å². The van der Waals surface area contributed by atoms with Gasteiger partial charge in [0.05, 0.1) is 7.11 Å². The molecule has 0 N–H and O–H groups in total. The number of unbranched alkanes of at least 4 members (excludes halogenated alkanes) is 4. The Kier molecular flexibility index (Phi) is 11.1. The summed E-state index contributed by atoms with van der Waals surface area (Å²) < 4.78 is 4.58. The Labute approximate surface area is 105 Å². The molecule has 0 bridgehead atoms. The van der Waals surface area contributed by atoms with Crippen LogP contribution in [0.15, 0.2) is 0 Å². The maximum Gasteiger partial charge on any atom is 0.305 e. The van der Waals surface area contributed by atoms with Crippen molar-refractivity contribution in [2.45, 2.75) is 70.1 Å². The van der Waals surface area contributed by atoms with Gasteiger partial charge in [0.2, 0.25) is 0 Å². The lowest BCUT2D eigenvalue weighted by Gasteiger charge is -2.08. The summed E-state index contributed by atoms with van der Waals surface area (Å²) in [6, 6.07) is 0. The second kappa shape index (κ2) is 11.3. The molecule has 0 saturated carbocycles. The van der Waals surface area contributed by atoms with Crippen LogP contribution in [0.5, 0.6) is 0 Å². The molecule has 3 heteroatoms. The lowest BCUT2D eigenvalue weighted by Crippen LogP contribution is -2.03. The Morgan fingerprint density at radius 3 is 2.38 bits per heavy atom. The molecule has 0 heterocycles. The topological polar surface area (TPSA) is 26.3 Å². The summed E-state index contributed by atoms with van der Waals surface area (Å²) in [5.74, 6) is -0.133. The van der Waals surface area contributed by atoms with Crippen molar-refractivity contribution in [1.29, 1.82) is 0 Å². The Morgan fingerprint density at radius 1 is 1.12 bits per heavy atom. The highest BCUT2D eigenvalue weighted by Crippen LogP contribution is 2.16. The summed E-state index contributed by atoms with van der Waals surface area (Å²) in [5.41, 5.74) is 0. The average Bonchev–Trinajstić information content (AvgIpc) is 2.28. The van der Waals surface area contributed by atoms with E-state index in [2.05, 4.69) is 11.7 Å². The van der Waals surface area contributed by atoms with Crippen LogP contribution in [-0.2, 0) is 9.53 Å². The summed E-state index contributed by atoms with van der Waals surface area (Å²) in [7, 11) is 1.42. The number of hydrogen-bond acceptors (Lipinski definition) is 2. The molecule has 96 valence electrons. The van der Waals surface area contributed by atoms with Crippen LogP contribution in [0.3, 0.4) is 0 Å². The first-order valence-corrected chi connectivity index (χ1v) is 6.85. The Bertz CT molecular complexity index is 171. The van der Waals surface area contributed by atoms with Crippen LogP contribution in [0, 0.1) is 0 Å². The van der Waals surface area contributed by atoms with Gasteiger partial charge in [0.1, 0.15) is 0 Å². The molecular formula is C13H25ClO2. The summed E-state index contributed by atoms with van der Waals surface area (Å²) >= 11 is 6.17. The lowest BCUT2D eigenvalue weighted by molar-refractivity contribution is -0.140. The predicted octanol–water partition coefficient (Wildman–Crippen LogP) is 4.30. The zero-order chi connectivity index (χ0) is 12.2. The standard InChI is InChI=1S/C13H25ClO2/c1-3-4-5-6-7-9-12(14)10-8-11-13(15)16-2/h12H,3-11H2,1-2H3. The largest absolute Gasteiger partial charge is 0.469 e. The van der Waals surface area contributed by atoms with Crippen molar-refractivity contribution in [1.82, 2.24) is 0 Å². The maximum absolute atomic E-state index is 10.9. The van der Waals surface area contributed by atoms with Crippen molar-refractivity contribution < 1.29 is 9.53 Å².